The Morgan fingerprint density at radius 3 is 2.10 bits per heavy atom. The first kappa shape index (κ1) is 14.4. The molecule has 108 valence electrons. The molecule has 1 aliphatic carbocycles. The molecule has 0 fully saturated rings. The number of carbonyl (C=O) groups excluding carboxylic acids is 2. The normalized spacial score (nSPS) is 13.3. The van der Waals surface area contributed by atoms with E-state index in [0.29, 0.717) is 11.3 Å². The summed E-state index contributed by atoms with van der Waals surface area (Å²) in [4.78, 5) is 24.0. The highest BCUT2D eigenvalue weighted by molar-refractivity contribution is 6.05. The number of esters is 2. The number of rotatable bonds is 3. The van der Waals surface area contributed by atoms with Crippen molar-refractivity contribution in [3.8, 4) is 5.75 Å². The van der Waals surface area contributed by atoms with Gasteiger partial charge in [-0.25, -0.2) is 9.59 Å². The van der Waals surface area contributed by atoms with Crippen LogP contribution in [-0.2, 0) is 22.3 Å². The molecule has 0 radical (unpaired) electrons. The van der Waals surface area contributed by atoms with Crippen molar-refractivity contribution in [1.82, 2.24) is 0 Å². The molecule has 1 aromatic carbocycles. The van der Waals surface area contributed by atoms with Crippen LogP contribution in [0.25, 0.3) is 0 Å². The van der Waals surface area contributed by atoms with E-state index in [1.807, 2.05) is 0 Å². The zero-order valence-corrected chi connectivity index (χ0v) is 11.9. The van der Waals surface area contributed by atoms with Crippen molar-refractivity contribution in [3.05, 3.63) is 28.3 Å². The van der Waals surface area contributed by atoms with E-state index in [2.05, 4.69) is 0 Å². The molecule has 5 heteroatoms. The number of hydrogen-bond donors (Lipinski definition) is 0. The predicted molar refractivity (Wildman–Crippen MR) is 72.3 cm³/mol. The number of carbonyl (C=O) groups is 2. The van der Waals surface area contributed by atoms with E-state index in [0.717, 1.165) is 36.8 Å². The lowest BCUT2D eigenvalue weighted by molar-refractivity contribution is 0.0553. The Labute approximate surface area is 117 Å². The fraction of sp³-hybridized carbons (Fsp3) is 0.467. The standard InChI is InChI=1S/C15H18O5/c1-18-12-8-11(14(16)19-2)13(15(17)20-3)10-7-5-4-6-9(10)12/h8H,4-7H2,1-3H3. The summed E-state index contributed by atoms with van der Waals surface area (Å²) in [6.07, 6.45) is 3.59. The maximum absolute atomic E-state index is 12.1. The number of methoxy groups -OCH3 is 3. The average molecular weight is 278 g/mol. The quantitative estimate of drug-likeness (QED) is 0.793. The van der Waals surface area contributed by atoms with E-state index in [-0.39, 0.29) is 5.56 Å². The maximum atomic E-state index is 12.1. The number of ether oxygens (including phenoxy) is 3. The summed E-state index contributed by atoms with van der Waals surface area (Å²) in [5.41, 5.74) is 2.36. The van der Waals surface area contributed by atoms with Gasteiger partial charge in [0, 0.05) is 0 Å². The molecule has 0 saturated carbocycles. The van der Waals surface area contributed by atoms with Gasteiger partial charge in [0.1, 0.15) is 5.75 Å². The van der Waals surface area contributed by atoms with Crippen molar-refractivity contribution in [3.63, 3.8) is 0 Å². The fourth-order valence-electron chi connectivity index (χ4n) is 2.69. The highest BCUT2D eigenvalue weighted by Crippen LogP contribution is 2.35. The Balaban J connectivity index is 2.72. The van der Waals surface area contributed by atoms with E-state index in [1.54, 1.807) is 13.2 Å². The highest BCUT2D eigenvalue weighted by atomic mass is 16.5. The molecule has 0 unspecified atom stereocenters. The lowest BCUT2D eigenvalue weighted by Crippen LogP contribution is -2.19. The second-order valence-electron chi connectivity index (χ2n) is 4.65. The molecular weight excluding hydrogens is 260 g/mol. The average Bonchev–Trinajstić information content (AvgIpc) is 2.51. The zero-order chi connectivity index (χ0) is 14.7. The Hall–Kier alpha value is -2.04. The first-order valence-electron chi connectivity index (χ1n) is 6.53. The van der Waals surface area contributed by atoms with Crippen LogP contribution >= 0.6 is 0 Å². The van der Waals surface area contributed by atoms with Crippen LogP contribution in [0.3, 0.4) is 0 Å². The first-order valence-corrected chi connectivity index (χ1v) is 6.53. The van der Waals surface area contributed by atoms with Crippen LogP contribution in [0.2, 0.25) is 0 Å². The molecule has 0 spiro atoms. The van der Waals surface area contributed by atoms with Crippen molar-refractivity contribution in [2.75, 3.05) is 21.3 Å². The van der Waals surface area contributed by atoms with E-state index < -0.39 is 11.9 Å². The molecule has 0 aromatic heterocycles. The highest BCUT2D eigenvalue weighted by Gasteiger charge is 2.28. The lowest BCUT2D eigenvalue weighted by Gasteiger charge is -2.23. The Bertz CT molecular complexity index is 548. The summed E-state index contributed by atoms with van der Waals surface area (Å²) in [7, 11) is 4.15. The molecule has 0 bridgehead atoms. The van der Waals surface area contributed by atoms with Gasteiger partial charge in [0.15, 0.2) is 0 Å². The summed E-state index contributed by atoms with van der Waals surface area (Å²) >= 11 is 0. The summed E-state index contributed by atoms with van der Waals surface area (Å²) in [6, 6.07) is 1.57. The van der Waals surface area contributed by atoms with Gasteiger partial charge in [0.05, 0.1) is 32.5 Å². The second kappa shape index (κ2) is 5.94. The minimum absolute atomic E-state index is 0.205. The number of hydrogen-bond acceptors (Lipinski definition) is 5. The molecule has 0 N–H and O–H groups in total. The Morgan fingerprint density at radius 1 is 0.950 bits per heavy atom. The molecule has 0 amide bonds. The third-order valence-electron chi connectivity index (χ3n) is 3.63. The van der Waals surface area contributed by atoms with Gasteiger partial charge in [-0.2, -0.15) is 0 Å². The van der Waals surface area contributed by atoms with Gasteiger partial charge in [0.2, 0.25) is 0 Å². The molecule has 1 aromatic rings. The van der Waals surface area contributed by atoms with Gasteiger partial charge in [-0.15, -0.1) is 0 Å². The van der Waals surface area contributed by atoms with Crippen LogP contribution < -0.4 is 4.74 Å². The molecule has 5 nitrogen and oxygen atoms in total. The van der Waals surface area contributed by atoms with Crippen LogP contribution in [0.5, 0.6) is 5.75 Å². The second-order valence-corrected chi connectivity index (χ2v) is 4.65. The molecule has 0 atom stereocenters. The summed E-state index contributed by atoms with van der Waals surface area (Å²) in [5, 5.41) is 0. The molecule has 2 rings (SSSR count). The van der Waals surface area contributed by atoms with Gasteiger partial charge in [-0.3, -0.25) is 0 Å². The number of benzene rings is 1. The van der Waals surface area contributed by atoms with Crippen molar-refractivity contribution in [2.24, 2.45) is 0 Å². The van der Waals surface area contributed by atoms with Gasteiger partial charge in [-0.1, -0.05) is 0 Å². The van der Waals surface area contributed by atoms with E-state index in [1.165, 1.54) is 14.2 Å². The van der Waals surface area contributed by atoms with Gasteiger partial charge in [-0.05, 0) is 42.9 Å². The van der Waals surface area contributed by atoms with Gasteiger partial charge < -0.3 is 14.2 Å². The van der Waals surface area contributed by atoms with Crippen molar-refractivity contribution >= 4 is 11.9 Å². The van der Waals surface area contributed by atoms with Gasteiger partial charge >= 0.3 is 11.9 Å². The fourth-order valence-corrected chi connectivity index (χ4v) is 2.69. The largest absolute Gasteiger partial charge is 0.496 e. The SMILES string of the molecule is COC(=O)c1cc(OC)c2c(c1C(=O)OC)CCCC2. The summed E-state index contributed by atoms with van der Waals surface area (Å²) in [6.45, 7) is 0. The Morgan fingerprint density at radius 2 is 1.55 bits per heavy atom. The third-order valence-corrected chi connectivity index (χ3v) is 3.63. The molecule has 1 aliphatic rings. The molecule has 0 saturated heterocycles. The van der Waals surface area contributed by atoms with Crippen LogP contribution in [0.15, 0.2) is 6.07 Å². The van der Waals surface area contributed by atoms with E-state index in [9.17, 15) is 9.59 Å². The smallest absolute Gasteiger partial charge is 0.339 e. The molecule has 0 aliphatic heterocycles. The molecule has 0 heterocycles. The van der Waals surface area contributed by atoms with Crippen LogP contribution in [0, 0.1) is 0 Å². The van der Waals surface area contributed by atoms with Crippen LogP contribution in [0.1, 0.15) is 44.7 Å². The number of fused-ring (bicyclic) bond motifs is 1. The van der Waals surface area contributed by atoms with E-state index >= 15 is 0 Å². The van der Waals surface area contributed by atoms with E-state index in [4.69, 9.17) is 14.2 Å². The van der Waals surface area contributed by atoms with Crippen molar-refractivity contribution in [1.29, 1.82) is 0 Å². The van der Waals surface area contributed by atoms with Crippen molar-refractivity contribution in [2.45, 2.75) is 25.7 Å². The molecular formula is C15H18O5. The first-order chi connectivity index (χ1) is 9.63. The molecule has 20 heavy (non-hydrogen) atoms. The monoisotopic (exact) mass is 278 g/mol. The topological polar surface area (TPSA) is 61.8 Å². The van der Waals surface area contributed by atoms with Gasteiger partial charge in [0.25, 0.3) is 0 Å². The predicted octanol–water partition coefficient (Wildman–Crippen LogP) is 2.15. The van der Waals surface area contributed by atoms with Crippen molar-refractivity contribution < 1.29 is 23.8 Å². The van der Waals surface area contributed by atoms with Crippen LogP contribution in [0.4, 0.5) is 0 Å². The Kier molecular flexibility index (Phi) is 4.27. The lowest BCUT2D eigenvalue weighted by atomic mass is 9.85. The third kappa shape index (κ3) is 2.35. The zero-order valence-electron chi connectivity index (χ0n) is 11.9. The summed E-state index contributed by atoms with van der Waals surface area (Å²) in [5.74, 6) is -0.434. The maximum Gasteiger partial charge on any atom is 0.339 e. The minimum atomic E-state index is -0.558. The summed E-state index contributed by atoms with van der Waals surface area (Å²) < 4.78 is 14.9. The van der Waals surface area contributed by atoms with Crippen LogP contribution in [-0.4, -0.2) is 33.3 Å². The minimum Gasteiger partial charge on any atom is -0.496 e.